The quantitative estimate of drug-likeness (QED) is 0.869. The first kappa shape index (κ1) is 15.4. The summed E-state index contributed by atoms with van der Waals surface area (Å²) in [6.07, 6.45) is 1.77. The summed E-state index contributed by atoms with van der Waals surface area (Å²) < 4.78 is 27.3. The molecule has 2 atom stereocenters. The lowest BCUT2D eigenvalue weighted by Crippen LogP contribution is -2.44. The van der Waals surface area contributed by atoms with Gasteiger partial charge in [-0.3, -0.25) is 0 Å². The summed E-state index contributed by atoms with van der Waals surface area (Å²) in [6.45, 7) is 4.66. The van der Waals surface area contributed by atoms with E-state index in [1.165, 1.54) is 0 Å². The zero-order valence-corrected chi connectivity index (χ0v) is 13.4. The van der Waals surface area contributed by atoms with Crippen molar-refractivity contribution in [2.75, 3.05) is 6.54 Å². The number of nitrogens with zero attached hydrogens (tertiary/aromatic N) is 1. The highest BCUT2D eigenvalue weighted by atomic mass is 32.2. The van der Waals surface area contributed by atoms with Crippen molar-refractivity contribution >= 4 is 27.2 Å². The average molecular weight is 312 g/mol. The van der Waals surface area contributed by atoms with Crippen molar-refractivity contribution in [1.82, 2.24) is 4.31 Å². The molecule has 2 rings (SSSR count). The molecule has 0 aromatic heterocycles. The second-order valence-electron chi connectivity index (χ2n) is 5.45. The highest BCUT2D eigenvalue weighted by Crippen LogP contribution is 2.29. The molecule has 0 saturated carbocycles. The van der Waals surface area contributed by atoms with Gasteiger partial charge in [-0.2, -0.15) is 4.31 Å². The number of thiocarbonyl (C=S) groups is 1. The van der Waals surface area contributed by atoms with Gasteiger partial charge in [0.15, 0.2) is 0 Å². The molecular formula is C14H20N2O2S2. The van der Waals surface area contributed by atoms with E-state index in [2.05, 4.69) is 6.92 Å². The molecule has 1 aromatic carbocycles. The zero-order chi connectivity index (χ0) is 14.9. The Hall–Kier alpha value is -0.980. The summed E-state index contributed by atoms with van der Waals surface area (Å²) >= 11 is 4.96. The number of nitrogens with two attached hydrogens (primary N) is 1. The summed E-state index contributed by atoms with van der Waals surface area (Å²) in [7, 11) is -3.54. The number of piperidine rings is 1. The maximum atomic E-state index is 12.8. The van der Waals surface area contributed by atoms with Gasteiger partial charge in [0.05, 0.1) is 4.90 Å². The van der Waals surface area contributed by atoms with Crippen LogP contribution >= 0.6 is 12.2 Å². The van der Waals surface area contributed by atoms with E-state index < -0.39 is 10.0 Å². The van der Waals surface area contributed by atoms with Crippen LogP contribution < -0.4 is 5.73 Å². The molecule has 4 nitrogen and oxygen atoms in total. The van der Waals surface area contributed by atoms with Crippen molar-refractivity contribution in [3.8, 4) is 0 Å². The molecule has 0 spiro atoms. The fourth-order valence-corrected chi connectivity index (χ4v) is 4.87. The van der Waals surface area contributed by atoms with Crippen LogP contribution in [0.2, 0.25) is 0 Å². The molecule has 2 N–H and O–H groups in total. The minimum Gasteiger partial charge on any atom is -0.389 e. The van der Waals surface area contributed by atoms with Gasteiger partial charge in [-0.15, -0.1) is 0 Å². The Morgan fingerprint density at radius 2 is 2.00 bits per heavy atom. The van der Waals surface area contributed by atoms with E-state index in [0.717, 1.165) is 12.8 Å². The van der Waals surface area contributed by atoms with E-state index >= 15 is 0 Å². The lowest BCUT2D eigenvalue weighted by molar-refractivity contribution is 0.220. The molecule has 1 aromatic rings. The second-order valence-corrected chi connectivity index (χ2v) is 7.75. The van der Waals surface area contributed by atoms with Crippen molar-refractivity contribution in [2.45, 2.75) is 37.6 Å². The van der Waals surface area contributed by atoms with Gasteiger partial charge in [-0.25, -0.2) is 8.42 Å². The predicted molar refractivity (Wildman–Crippen MR) is 84.1 cm³/mol. The predicted octanol–water partition coefficient (Wildman–Crippen LogP) is 2.13. The third-order valence-electron chi connectivity index (χ3n) is 3.82. The van der Waals surface area contributed by atoms with Gasteiger partial charge in [0.2, 0.25) is 10.0 Å². The van der Waals surface area contributed by atoms with Crippen molar-refractivity contribution in [1.29, 1.82) is 0 Å². The van der Waals surface area contributed by atoms with Gasteiger partial charge >= 0.3 is 0 Å². The van der Waals surface area contributed by atoms with Crippen molar-refractivity contribution in [2.24, 2.45) is 11.7 Å². The minimum absolute atomic E-state index is 0.00292. The molecule has 0 bridgehead atoms. The summed E-state index contributed by atoms with van der Waals surface area (Å²) in [4.78, 5) is 0.330. The second kappa shape index (κ2) is 5.79. The van der Waals surface area contributed by atoms with Crippen LogP contribution in [0.25, 0.3) is 0 Å². The van der Waals surface area contributed by atoms with Crippen LogP contribution in [0.3, 0.4) is 0 Å². The molecule has 2 unspecified atom stereocenters. The van der Waals surface area contributed by atoms with Gasteiger partial charge in [0, 0.05) is 18.2 Å². The molecule has 1 heterocycles. The normalized spacial score (nSPS) is 24.5. The van der Waals surface area contributed by atoms with Gasteiger partial charge in [-0.05, 0) is 31.7 Å². The molecule has 1 aliphatic heterocycles. The summed E-state index contributed by atoms with van der Waals surface area (Å²) in [6, 6.07) is 6.69. The van der Waals surface area contributed by atoms with Crippen LogP contribution in [-0.4, -0.2) is 30.3 Å². The Labute approximate surface area is 126 Å². The Morgan fingerprint density at radius 1 is 1.35 bits per heavy atom. The van der Waals surface area contributed by atoms with E-state index in [9.17, 15) is 8.42 Å². The topological polar surface area (TPSA) is 63.4 Å². The SMILES string of the molecule is CC1CCN(S(=O)(=O)c2ccccc2C(N)=S)C(C)C1. The molecule has 1 fully saturated rings. The molecule has 6 heteroatoms. The van der Waals surface area contributed by atoms with Gasteiger partial charge in [0.1, 0.15) is 4.99 Å². The summed E-state index contributed by atoms with van der Waals surface area (Å²) in [5.74, 6) is 0.558. The number of hydrogen-bond acceptors (Lipinski definition) is 3. The molecule has 0 amide bonds. The molecular weight excluding hydrogens is 292 g/mol. The third kappa shape index (κ3) is 2.87. The molecule has 20 heavy (non-hydrogen) atoms. The first-order chi connectivity index (χ1) is 9.34. The van der Waals surface area contributed by atoms with E-state index in [1.54, 1.807) is 28.6 Å². The Bertz CT molecular complexity index is 613. The standard InChI is InChI=1S/C14H20N2O2S2/c1-10-7-8-16(11(2)9-10)20(17,18)13-6-4-3-5-12(13)14(15)19/h3-6,10-11H,7-9H2,1-2H3,(H2,15,19). The molecule has 0 aliphatic carbocycles. The Balaban J connectivity index is 2.43. The number of benzene rings is 1. The van der Waals surface area contributed by atoms with E-state index in [1.807, 2.05) is 6.92 Å². The zero-order valence-electron chi connectivity index (χ0n) is 11.7. The fraction of sp³-hybridized carbons (Fsp3) is 0.500. The highest BCUT2D eigenvalue weighted by molar-refractivity contribution is 7.89. The van der Waals surface area contributed by atoms with Crippen LogP contribution in [-0.2, 0) is 10.0 Å². The van der Waals surface area contributed by atoms with Crippen LogP contribution in [0.1, 0.15) is 32.3 Å². The van der Waals surface area contributed by atoms with E-state index in [0.29, 0.717) is 18.0 Å². The highest BCUT2D eigenvalue weighted by Gasteiger charge is 2.34. The maximum absolute atomic E-state index is 12.8. The van der Waals surface area contributed by atoms with Crippen LogP contribution in [0.4, 0.5) is 0 Å². The lowest BCUT2D eigenvalue weighted by atomic mass is 9.95. The van der Waals surface area contributed by atoms with Gasteiger partial charge in [0.25, 0.3) is 0 Å². The summed E-state index contributed by atoms with van der Waals surface area (Å²) in [5, 5.41) is 0. The third-order valence-corrected chi connectivity index (χ3v) is 6.11. The Kier molecular flexibility index (Phi) is 4.46. The van der Waals surface area contributed by atoms with Gasteiger partial charge in [-0.1, -0.05) is 37.3 Å². The molecule has 1 saturated heterocycles. The van der Waals surface area contributed by atoms with Crippen LogP contribution in [0, 0.1) is 5.92 Å². The van der Waals surface area contributed by atoms with E-state index in [-0.39, 0.29) is 15.9 Å². The van der Waals surface area contributed by atoms with Crippen molar-refractivity contribution in [3.63, 3.8) is 0 Å². The van der Waals surface area contributed by atoms with Gasteiger partial charge < -0.3 is 5.73 Å². The maximum Gasteiger partial charge on any atom is 0.244 e. The molecule has 1 aliphatic rings. The smallest absolute Gasteiger partial charge is 0.244 e. The first-order valence-corrected chi connectivity index (χ1v) is 8.59. The fourth-order valence-electron chi connectivity index (χ4n) is 2.76. The van der Waals surface area contributed by atoms with Crippen LogP contribution in [0.5, 0.6) is 0 Å². The number of hydrogen-bond donors (Lipinski definition) is 1. The number of rotatable bonds is 3. The van der Waals surface area contributed by atoms with Crippen LogP contribution in [0.15, 0.2) is 29.2 Å². The number of sulfonamides is 1. The largest absolute Gasteiger partial charge is 0.389 e. The molecule has 0 radical (unpaired) electrons. The van der Waals surface area contributed by atoms with E-state index in [4.69, 9.17) is 18.0 Å². The summed E-state index contributed by atoms with van der Waals surface area (Å²) in [5.41, 5.74) is 6.07. The lowest BCUT2D eigenvalue weighted by Gasteiger charge is -2.35. The first-order valence-electron chi connectivity index (χ1n) is 6.74. The minimum atomic E-state index is -3.54. The monoisotopic (exact) mass is 312 g/mol. The van der Waals surface area contributed by atoms with Crippen molar-refractivity contribution in [3.05, 3.63) is 29.8 Å². The van der Waals surface area contributed by atoms with Crippen molar-refractivity contribution < 1.29 is 8.42 Å². The average Bonchev–Trinajstić information content (AvgIpc) is 2.38. The Morgan fingerprint density at radius 3 is 2.60 bits per heavy atom. The molecule has 110 valence electrons.